The molecular weight excluding hydrogens is 262 g/mol. The third kappa shape index (κ3) is 3.31. The van der Waals surface area contributed by atoms with Gasteiger partial charge in [0.15, 0.2) is 0 Å². The zero-order chi connectivity index (χ0) is 13.2. The summed E-state index contributed by atoms with van der Waals surface area (Å²) in [5, 5.41) is 4.05. The number of halogens is 1. The Kier molecular flexibility index (Phi) is 3.80. The van der Waals surface area contributed by atoms with E-state index in [9.17, 15) is 4.79 Å². The molecule has 1 aliphatic carbocycles. The first-order valence-corrected chi connectivity index (χ1v) is 7.47. The highest BCUT2D eigenvalue weighted by Gasteiger charge is 2.29. The van der Waals surface area contributed by atoms with Crippen LogP contribution in [0.25, 0.3) is 0 Å². The van der Waals surface area contributed by atoms with Gasteiger partial charge in [-0.15, -0.1) is 0 Å². The zero-order valence-electron chi connectivity index (χ0n) is 11.0. The number of carbonyl (C=O) groups is 1. The van der Waals surface area contributed by atoms with E-state index in [1.54, 1.807) is 12.3 Å². The second kappa shape index (κ2) is 5.55. The summed E-state index contributed by atoms with van der Waals surface area (Å²) in [5.74, 6) is 0.781. The summed E-state index contributed by atoms with van der Waals surface area (Å²) in [6.07, 6.45) is 6.56. The molecule has 2 heterocycles. The number of carbonyl (C=O) groups excluding carboxylic acids is 1. The van der Waals surface area contributed by atoms with Crippen LogP contribution in [0.5, 0.6) is 0 Å². The van der Waals surface area contributed by atoms with Gasteiger partial charge in [0.1, 0.15) is 5.69 Å². The highest BCUT2D eigenvalue weighted by molar-refractivity contribution is 6.30. The average molecular weight is 282 g/mol. The Balaban J connectivity index is 1.67. The fourth-order valence-electron chi connectivity index (χ4n) is 2.69. The number of H-pyrrole nitrogens is 1. The normalized spacial score (nSPS) is 22.7. The lowest BCUT2D eigenvalue weighted by Crippen LogP contribution is -2.42. The fourth-order valence-corrected chi connectivity index (χ4v) is 2.86. The van der Waals surface area contributed by atoms with E-state index in [0.717, 1.165) is 19.6 Å². The summed E-state index contributed by atoms with van der Waals surface area (Å²) in [5.41, 5.74) is 0.601. The standard InChI is InChI=1S/C14H20ClN3O/c15-11-6-13(17-7-11)14(19)18(8-10-3-4-10)9-12-2-1-5-16-12/h6-7,10,12,16-17H,1-5,8-9H2. The molecule has 1 saturated heterocycles. The maximum Gasteiger partial charge on any atom is 0.270 e. The Labute approximate surface area is 118 Å². The van der Waals surface area contributed by atoms with Crippen LogP contribution in [0.3, 0.4) is 0 Å². The van der Waals surface area contributed by atoms with Gasteiger partial charge >= 0.3 is 0 Å². The van der Waals surface area contributed by atoms with Crippen LogP contribution in [0.15, 0.2) is 12.3 Å². The molecule has 1 aliphatic heterocycles. The van der Waals surface area contributed by atoms with Gasteiger partial charge in [-0.2, -0.15) is 0 Å². The summed E-state index contributed by atoms with van der Waals surface area (Å²) in [7, 11) is 0. The first-order chi connectivity index (χ1) is 9.22. The van der Waals surface area contributed by atoms with Gasteiger partial charge in [0, 0.05) is 25.3 Å². The maximum absolute atomic E-state index is 12.5. The Morgan fingerprint density at radius 2 is 2.21 bits per heavy atom. The predicted molar refractivity (Wildman–Crippen MR) is 75.5 cm³/mol. The van der Waals surface area contributed by atoms with Crippen LogP contribution in [0.2, 0.25) is 5.02 Å². The topological polar surface area (TPSA) is 48.1 Å². The van der Waals surface area contributed by atoms with Crippen molar-refractivity contribution in [3.05, 3.63) is 23.0 Å². The number of aromatic nitrogens is 1. The highest BCUT2D eigenvalue weighted by atomic mass is 35.5. The van der Waals surface area contributed by atoms with Crippen LogP contribution >= 0.6 is 11.6 Å². The molecule has 1 aromatic heterocycles. The van der Waals surface area contributed by atoms with Gasteiger partial charge < -0.3 is 15.2 Å². The first kappa shape index (κ1) is 13.0. The largest absolute Gasteiger partial charge is 0.356 e. The lowest BCUT2D eigenvalue weighted by atomic mass is 10.2. The predicted octanol–water partition coefficient (Wildman–Crippen LogP) is 2.27. The van der Waals surface area contributed by atoms with Gasteiger partial charge in [-0.05, 0) is 44.2 Å². The quantitative estimate of drug-likeness (QED) is 0.870. The minimum atomic E-state index is 0.0764. The summed E-state index contributed by atoms with van der Waals surface area (Å²) < 4.78 is 0. The molecule has 1 amide bonds. The summed E-state index contributed by atoms with van der Waals surface area (Å²) in [6.45, 7) is 2.77. The third-order valence-electron chi connectivity index (χ3n) is 3.94. The Bertz CT molecular complexity index is 449. The van der Waals surface area contributed by atoms with Crippen molar-refractivity contribution >= 4 is 17.5 Å². The van der Waals surface area contributed by atoms with Gasteiger partial charge in [-0.25, -0.2) is 0 Å². The van der Waals surface area contributed by atoms with Crippen molar-refractivity contribution in [3.8, 4) is 0 Å². The second-order valence-electron chi connectivity index (χ2n) is 5.68. The van der Waals surface area contributed by atoms with E-state index < -0.39 is 0 Å². The van der Waals surface area contributed by atoms with Crippen LogP contribution in [0.1, 0.15) is 36.2 Å². The first-order valence-electron chi connectivity index (χ1n) is 7.09. The molecule has 1 saturated carbocycles. The van der Waals surface area contributed by atoms with Gasteiger partial charge in [0.05, 0.1) is 5.02 Å². The number of nitrogens with zero attached hydrogens (tertiary/aromatic N) is 1. The number of hydrogen-bond acceptors (Lipinski definition) is 2. The molecule has 0 radical (unpaired) electrons. The molecule has 1 unspecified atom stereocenters. The van der Waals surface area contributed by atoms with Crippen molar-refractivity contribution in [2.24, 2.45) is 5.92 Å². The number of rotatable bonds is 5. The summed E-state index contributed by atoms with van der Waals surface area (Å²) >= 11 is 5.88. The minimum absolute atomic E-state index is 0.0764. The van der Waals surface area contributed by atoms with Crippen molar-refractivity contribution < 1.29 is 4.79 Å². The smallest absolute Gasteiger partial charge is 0.270 e. The highest BCUT2D eigenvalue weighted by Crippen LogP contribution is 2.30. The van der Waals surface area contributed by atoms with Gasteiger partial charge in [0.25, 0.3) is 5.91 Å². The molecule has 0 aromatic carbocycles. The molecule has 2 N–H and O–H groups in total. The molecule has 5 heteroatoms. The van der Waals surface area contributed by atoms with Gasteiger partial charge in [-0.3, -0.25) is 4.79 Å². The lowest BCUT2D eigenvalue weighted by Gasteiger charge is -2.25. The van der Waals surface area contributed by atoms with Gasteiger partial charge in [0.2, 0.25) is 0 Å². The molecule has 104 valence electrons. The van der Waals surface area contributed by atoms with Crippen LogP contribution in [0, 0.1) is 5.92 Å². The van der Waals surface area contributed by atoms with Crippen molar-refractivity contribution in [3.63, 3.8) is 0 Å². The van der Waals surface area contributed by atoms with E-state index in [1.807, 2.05) is 4.90 Å². The molecule has 0 bridgehead atoms. The van der Waals surface area contributed by atoms with Crippen LogP contribution in [0.4, 0.5) is 0 Å². The molecular formula is C14H20ClN3O. The molecule has 3 rings (SSSR count). The van der Waals surface area contributed by atoms with Crippen LogP contribution in [-0.4, -0.2) is 41.5 Å². The molecule has 2 aliphatic rings. The van der Waals surface area contributed by atoms with E-state index >= 15 is 0 Å². The maximum atomic E-state index is 12.5. The Hall–Kier alpha value is -1.00. The minimum Gasteiger partial charge on any atom is -0.356 e. The van der Waals surface area contributed by atoms with Crippen molar-refractivity contribution in [1.29, 1.82) is 0 Å². The van der Waals surface area contributed by atoms with E-state index in [2.05, 4.69) is 10.3 Å². The molecule has 2 fully saturated rings. The van der Waals surface area contributed by atoms with Crippen molar-refractivity contribution in [2.45, 2.75) is 31.7 Å². The van der Waals surface area contributed by atoms with E-state index in [0.29, 0.717) is 22.7 Å². The lowest BCUT2D eigenvalue weighted by molar-refractivity contribution is 0.0728. The number of hydrogen-bond donors (Lipinski definition) is 2. The number of nitrogens with one attached hydrogen (secondary N) is 2. The van der Waals surface area contributed by atoms with Crippen LogP contribution in [-0.2, 0) is 0 Å². The van der Waals surface area contributed by atoms with E-state index in [1.165, 1.54) is 25.7 Å². The Morgan fingerprint density at radius 1 is 1.37 bits per heavy atom. The van der Waals surface area contributed by atoms with E-state index in [-0.39, 0.29) is 5.91 Å². The molecule has 19 heavy (non-hydrogen) atoms. The number of amides is 1. The Morgan fingerprint density at radius 3 is 2.79 bits per heavy atom. The second-order valence-corrected chi connectivity index (χ2v) is 6.11. The van der Waals surface area contributed by atoms with Crippen LogP contribution < -0.4 is 5.32 Å². The molecule has 0 spiro atoms. The average Bonchev–Trinajstić information content (AvgIpc) is 2.89. The third-order valence-corrected chi connectivity index (χ3v) is 4.16. The molecule has 1 atom stereocenters. The fraction of sp³-hybridized carbons (Fsp3) is 0.643. The molecule has 1 aromatic rings. The van der Waals surface area contributed by atoms with Crippen molar-refractivity contribution in [1.82, 2.24) is 15.2 Å². The number of aromatic amines is 1. The SMILES string of the molecule is O=C(c1cc(Cl)c[nH]1)N(CC1CC1)CC1CCCN1. The summed E-state index contributed by atoms with van der Waals surface area (Å²) in [6, 6.07) is 2.17. The van der Waals surface area contributed by atoms with Gasteiger partial charge in [-0.1, -0.05) is 11.6 Å². The van der Waals surface area contributed by atoms with Crippen molar-refractivity contribution in [2.75, 3.05) is 19.6 Å². The van der Waals surface area contributed by atoms with E-state index in [4.69, 9.17) is 11.6 Å². The zero-order valence-corrected chi connectivity index (χ0v) is 11.7. The monoisotopic (exact) mass is 281 g/mol. The summed E-state index contributed by atoms with van der Waals surface area (Å²) in [4.78, 5) is 17.5. The molecule has 4 nitrogen and oxygen atoms in total.